The van der Waals surface area contributed by atoms with Crippen LogP contribution in [0.1, 0.15) is 44.7 Å². The van der Waals surface area contributed by atoms with Crippen LogP contribution in [0.5, 0.6) is 0 Å². The first-order valence-corrected chi connectivity index (χ1v) is 10.5. The van der Waals surface area contributed by atoms with Crippen molar-refractivity contribution in [2.24, 2.45) is 0 Å². The summed E-state index contributed by atoms with van der Waals surface area (Å²) in [6.07, 6.45) is 2.60. The molecule has 0 aromatic heterocycles. The maximum Gasteiger partial charge on any atom is 0.415 e. The molecule has 154 valence electrons. The van der Waals surface area contributed by atoms with E-state index in [0.717, 1.165) is 24.8 Å². The first-order valence-electron chi connectivity index (χ1n) is 9.68. The normalized spacial score (nSPS) is 16.3. The predicted octanol–water partition coefficient (Wildman–Crippen LogP) is 6.05. The molecule has 7 heteroatoms. The van der Waals surface area contributed by atoms with Gasteiger partial charge in [0.05, 0.1) is 10.6 Å². The largest absolute Gasteiger partial charge is 0.443 e. The molecule has 0 N–H and O–H groups in total. The maximum absolute atomic E-state index is 13.1. The van der Waals surface area contributed by atoms with Crippen LogP contribution in [0.25, 0.3) is 0 Å². The van der Waals surface area contributed by atoms with E-state index in [-0.39, 0.29) is 11.7 Å². The Morgan fingerprint density at radius 2 is 1.97 bits per heavy atom. The molecule has 6 nitrogen and oxygen atoms in total. The van der Waals surface area contributed by atoms with Crippen molar-refractivity contribution in [1.29, 1.82) is 0 Å². The molecular formula is C22H25BrN2O4. The fourth-order valence-corrected chi connectivity index (χ4v) is 4.32. The Morgan fingerprint density at radius 3 is 2.59 bits per heavy atom. The number of nitro benzene ring substituents is 1. The van der Waals surface area contributed by atoms with Gasteiger partial charge >= 0.3 is 6.09 Å². The van der Waals surface area contributed by atoms with E-state index in [9.17, 15) is 14.9 Å². The van der Waals surface area contributed by atoms with Gasteiger partial charge in [0.2, 0.25) is 0 Å². The summed E-state index contributed by atoms with van der Waals surface area (Å²) in [6.45, 7) is 5.50. The number of hydrogen-bond acceptors (Lipinski definition) is 4. The van der Waals surface area contributed by atoms with E-state index >= 15 is 0 Å². The fraction of sp³-hybridized carbons (Fsp3) is 0.409. The molecule has 1 heterocycles. The van der Waals surface area contributed by atoms with Crippen molar-refractivity contribution in [1.82, 2.24) is 0 Å². The number of ether oxygens (including phenoxy) is 1. The number of carbonyl (C=O) groups is 1. The number of benzene rings is 2. The van der Waals surface area contributed by atoms with Crippen LogP contribution in [-0.4, -0.2) is 22.7 Å². The lowest BCUT2D eigenvalue weighted by molar-refractivity contribution is -0.385. The lowest BCUT2D eigenvalue weighted by Crippen LogP contribution is -2.46. The number of fused-ring (bicyclic) bond motifs is 1. The van der Waals surface area contributed by atoms with Crippen LogP contribution in [0.2, 0.25) is 0 Å². The molecule has 0 saturated carbocycles. The van der Waals surface area contributed by atoms with E-state index in [2.05, 4.69) is 28.1 Å². The Morgan fingerprint density at radius 1 is 1.28 bits per heavy atom. The minimum Gasteiger partial charge on any atom is -0.443 e. The Hall–Kier alpha value is -2.41. The van der Waals surface area contributed by atoms with E-state index in [1.807, 2.05) is 39.0 Å². The van der Waals surface area contributed by atoms with Gasteiger partial charge in [-0.2, -0.15) is 0 Å². The van der Waals surface area contributed by atoms with E-state index in [1.165, 1.54) is 11.6 Å². The number of carbonyl (C=O) groups excluding carboxylic acids is 1. The molecular weight excluding hydrogens is 436 g/mol. The molecule has 1 aliphatic rings. The number of non-ortho nitro benzene ring substituents is 1. The van der Waals surface area contributed by atoms with Gasteiger partial charge in [0.1, 0.15) is 5.60 Å². The van der Waals surface area contributed by atoms with Gasteiger partial charge in [-0.1, -0.05) is 30.3 Å². The molecule has 0 bridgehead atoms. The highest BCUT2D eigenvalue weighted by molar-refractivity contribution is 9.10. The van der Waals surface area contributed by atoms with Crippen LogP contribution in [0, 0.1) is 10.1 Å². The quantitative estimate of drug-likeness (QED) is 0.411. The molecule has 2 aromatic carbocycles. The third-order valence-electron chi connectivity index (χ3n) is 4.89. The monoisotopic (exact) mass is 460 g/mol. The zero-order chi connectivity index (χ0) is 21.2. The Labute approximate surface area is 179 Å². The van der Waals surface area contributed by atoms with Crippen molar-refractivity contribution in [3.63, 3.8) is 0 Å². The van der Waals surface area contributed by atoms with Crippen LogP contribution in [0.15, 0.2) is 46.9 Å². The average molecular weight is 461 g/mol. The highest BCUT2D eigenvalue weighted by Gasteiger charge is 2.36. The SMILES string of the molecule is CC(C)(C)OC(=O)N1c2c(Br)cc([N+](=O)[O-])cc2CCC1CCc1ccccc1. The van der Waals surface area contributed by atoms with E-state index in [1.54, 1.807) is 11.0 Å². The maximum atomic E-state index is 13.1. The molecule has 1 atom stereocenters. The minimum absolute atomic E-state index is 0.0162. The highest BCUT2D eigenvalue weighted by atomic mass is 79.9. The van der Waals surface area contributed by atoms with Crippen LogP contribution in [-0.2, 0) is 17.6 Å². The molecule has 0 fully saturated rings. The highest BCUT2D eigenvalue weighted by Crippen LogP contribution is 2.41. The van der Waals surface area contributed by atoms with E-state index < -0.39 is 16.6 Å². The second-order valence-electron chi connectivity index (χ2n) is 8.26. The number of amides is 1. The summed E-state index contributed by atoms with van der Waals surface area (Å²) in [6, 6.07) is 13.1. The molecule has 0 spiro atoms. The average Bonchev–Trinajstić information content (AvgIpc) is 2.65. The van der Waals surface area contributed by atoms with Gasteiger partial charge in [-0.25, -0.2) is 4.79 Å². The molecule has 0 radical (unpaired) electrons. The second-order valence-corrected chi connectivity index (χ2v) is 9.11. The molecule has 1 amide bonds. The third-order valence-corrected chi connectivity index (χ3v) is 5.49. The number of nitrogens with zero attached hydrogens (tertiary/aromatic N) is 2. The Bertz CT molecular complexity index is 909. The number of halogens is 1. The zero-order valence-electron chi connectivity index (χ0n) is 16.9. The first kappa shape index (κ1) is 21.3. The van der Waals surface area contributed by atoms with Crippen LogP contribution >= 0.6 is 15.9 Å². The minimum atomic E-state index is -0.633. The molecule has 1 unspecified atom stereocenters. The zero-order valence-corrected chi connectivity index (χ0v) is 18.4. The van der Waals surface area contributed by atoms with Crippen molar-refractivity contribution in [3.8, 4) is 0 Å². The van der Waals surface area contributed by atoms with Crippen LogP contribution in [0.4, 0.5) is 16.2 Å². The van der Waals surface area contributed by atoms with Gasteiger partial charge in [-0.05, 0) is 73.5 Å². The summed E-state index contributed by atoms with van der Waals surface area (Å²) in [7, 11) is 0. The van der Waals surface area contributed by atoms with E-state index in [0.29, 0.717) is 16.6 Å². The number of hydrogen-bond donors (Lipinski definition) is 0. The standard InChI is InChI=1S/C22H25BrN2O4/c1-22(2,3)29-21(26)24-17(11-9-15-7-5-4-6-8-15)12-10-16-13-18(25(27)28)14-19(23)20(16)24/h4-8,13-14,17H,9-12H2,1-3H3. The van der Waals surface area contributed by atoms with Crippen molar-refractivity contribution < 1.29 is 14.5 Å². The van der Waals surface area contributed by atoms with Gasteiger partial charge < -0.3 is 4.74 Å². The summed E-state index contributed by atoms with van der Waals surface area (Å²) in [5, 5.41) is 11.2. The first-order chi connectivity index (χ1) is 13.7. The summed E-state index contributed by atoms with van der Waals surface area (Å²) >= 11 is 3.46. The van der Waals surface area contributed by atoms with Crippen molar-refractivity contribution in [3.05, 3.63) is 68.2 Å². The van der Waals surface area contributed by atoms with Gasteiger partial charge in [0, 0.05) is 22.6 Å². The molecule has 2 aromatic rings. The third kappa shape index (κ3) is 5.15. The predicted molar refractivity (Wildman–Crippen MR) is 116 cm³/mol. The smallest absolute Gasteiger partial charge is 0.415 e. The lowest BCUT2D eigenvalue weighted by atomic mass is 9.92. The summed E-state index contributed by atoms with van der Waals surface area (Å²) in [5.74, 6) is 0. The van der Waals surface area contributed by atoms with Crippen molar-refractivity contribution in [2.45, 2.75) is 58.1 Å². The molecule has 1 aliphatic heterocycles. The van der Waals surface area contributed by atoms with E-state index in [4.69, 9.17) is 4.74 Å². The van der Waals surface area contributed by atoms with Gasteiger partial charge in [-0.15, -0.1) is 0 Å². The number of nitro groups is 1. The van der Waals surface area contributed by atoms with Crippen molar-refractivity contribution in [2.75, 3.05) is 4.90 Å². The van der Waals surface area contributed by atoms with Crippen LogP contribution in [0.3, 0.4) is 0 Å². The topological polar surface area (TPSA) is 72.7 Å². The number of aryl methyl sites for hydroxylation is 2. The molecule has 0 aliphatic carbocycles. The Kier molecular flexibility index (Phi) is 6.27. The van der Waals surface area contributed by atoms with Crippen LogP contribution < -0.4 is 4.90 Å². The number of anilines is 1. The molecule has 3 rings (SSSR count). The van der Waals surface area contributed by atoms with Gasteiger partial charge in [0.25, 0.3) is 5.69 Å². The van der Waals surface area contributed by atoms with Crippen molar-refractivity contribution >= 4 is 33.4 Å². The molecule has 0 saturated heterocycles. The second kappa shape index (κ2) is 8.53. The molecule has 29 heavy (non-hydrogen) atoms. The summed E-state index contributed by atoms with van der Waals surface area (Å²) in [5.41, 5.74) is 2.06. The lowest BCUT2D eigenvalue weighted by Gasteiger charge is -2.38. The fourth-order valence-electron chi connectivity index (χ4n) is 3.64. The van der Waals surface area contributed by atoms with Gasteiger partial charge in [0.15, 0.2) is 0 Å². The number of rotatable bonds is 4. The Balaban J connectivity index is 1.95. The summed E-state index contributed by atoms with van der Waals surface area (Å²) in [4.78, 5) is 25.6. The van der Waals surface area contributed by atoms with Gasteiger partial charge in [-0.3, -0.25) is 15.0 Å². The summed E-state index contributed by atoms with van der Waals surface area (Å²) < 4.78 is 6.22.